The van der Waals surface area contributed by atoms with Gasteiger partial charge in [0.05, 0.1) is 12.8 Å². The average molecular weight is 306 g/mol. The largest absolute Gasteiger partial charge is 0.332 e. The first-order valence-electron chi connectivity index (χ1n) is 7.55. The van der Waals surface area contributed by atoms with Gasteiger partial charge >= 0.3 is 7.60 Å². The lowest BCUT2D eigenvalue weighted by molar-refractivity contribution is 0.252. The van der Waals surface area contributed by atoms with Crippen molar-refractivity contribution in [1.29, 1.82) is 0 Å². The van der Waals surface area contributed by atoms with Gasteiger partial charge < -0.3 is 9.42 Å². The van der Waals surface area contributed by atoms with Crippen LogP contribution >= 0.6 is 7.60 Å². The first-order valence-corrected chi connectivity index (χ1v) is 9.31. The second-order valence-electron chi connectivity index (χ2n) is 5.33. The molecule has 0 aliphatic heterocycles. The number of unbranched alkanes of at least 4 members (excludes halogenated alkanes) is 3. The Morgan fingerprint density at radius 2 is 1.81 bits per heavy atom. The van der Waals surface area contributed by atoms with Crippen molar-refractivity contribution in [3.8, 4) is 0 Å². The van der Waals surface area contributed by atoms with Gasteiger partial charge in [-0.25, -0.2) is 0 Å². The van der Waals surface area contributed by atoms with Crippen molar-refractivity contribution in [2.45, 2.75) is 38.8 Å². The molecule has 2 aromatic rings. The monoisotopic (exact) mass is 306 g/mol. The van der Waals surface area contributed by atoms with Gasteiger partial charge in [-0.15, -0.1) is 0 Å². The van der Waals surface area contributed by atoms with Crippen molar-refractivity contribution in [1.82, 2.24) is 0 Å². The Kier molecular flexibility index (Phi) is 5.98. The number of hydrogen-bond acceptors (Lipinski definition) is 2. The van der Waals surface area contributed by atoms with Crippen molar-refractivity contribution in [2.75, 3.05) is 6.61 Å². The summed E-state index contributed by atoms with van der Waals surface area (Å²) in [6.07, 6.45) is 4.25. The Balaban J connectivity index is 2.00. The van der Waals surface area contributed by atoms with E-state index in [2.05, 4.69) is 6.92 Å². The van der Waals surface area contributed by atoms with Crippen molar-refractivity contribution in [3.05, 3.63) is 48.0 Å². The molecule has 0 fully saturated rings. The molecule has 0 saturated heterocycles. The summed E-state index contributed by atoms with van der Waals surface area (Å²) < 4.78 is 17.4. The lowest BCUT2D eigenvalue weighted by Crippen LogP contribution is -1.97. The predicted octanol–water partition coefficient (Wildman–Crippen LogP) is 5.12. The van der Waals surface area contributed by atoms with E-state index in [9.17, 15) is 9.46 Å². The number of hydrogen-bond donors (Lipinski definition) is 1. The predicted molar refractivity (Wildman–Crippen MR) is 87.6 cm³/mol. The molecule has 0 bridgehead atoms. The number of rotatable bonds is 8. The van der Waals surface area contributed by atoms with Crippen LogP contribution in [-0.4, -0.2) is 11.5 Å². The second kappa shape index (κ2) is 7.74. The van der Waals surface area contributed by atoms with Crippen LogP contribution in [0, 0.1) is 0 Å². The lowest BCUT2D eigenvalue weighted by atomic mass is 10.1. The topological polar surface area (TPSA) is 46.5 Å². The smallest absolute Gasteiger partial charge is 0.324 e. The Morgan fingerprint density at radius 3 is 2.62 bits per heavy atom. The fourth-order valence-electron chi connectivity index (χ4n) is 2.43. The molecule has 0 radical (unpaired) electrons. The van der Waals surface area contributed by atoms with Crippen LogP contribution in [0.1, 0.15) is 38.2 Å². The quantitative estimate of drug-likeness (QED) is 0.543. The summed E-state index contributed by atoms with van der Waals surface area (Å²) in [7, 11) is -3.57. The highest BCUT2D eigenvalue weighted by Crippen LogP contribution is 2.46. The number of fused-ring (bicyclic) bond motifs is 1. The van der Waals surface area contributed by atoms with Crippen LogP contribution < -0.4 is 0 Å². The molecular formula is C17H23O3P. The second-order valence-corrected chi connectivity index (χ2v) is 7.18. The summed E-state index contributed by atoms with van der Waals surface area (Å²) in [6, 6.07) is 13.7. The van der Waals surface area contributed by atoms with Gasteiger partial charge in [0, 0.05) is 0 Å². The molecule has 0 amide bonds. The van der Waals surface area contributed by atoms with E-state index >= 15 is 0 Å². The molecule has 2 rings (SSSR count). The van der Waals surface area contributed by atoms with E-state index in [1.807, 2.05) is 42.5 Å². The van der Waals surface area contributed by atoms with Gasteiger partial charge in [0.2, 0.25) is 0 Å². The maximum absolute atomic E-state index is 12.2. The Hall–Kier alpha value is -1.15. The zero-order valence-electron chi connectivity index (χ0n) is 12.5. The van der Waals surface area contributed by atoms with Crippen molar-refractivity contribution >= 4 is 18.4 Å². The van der Waals surface area contributed by atoms with Crippen molar-refractivity contribution in [2.24, 2.45) is 0 Å². The van der Waals surface area contributed by atoms with Crippen LogP contribution in [0.2, 0.25) is 0 Å². The van der Waals surface area contributed by atoms with Gasteiger partial charge in [-0.3, -0.25) is 4.57 Å². The third kappa shape index (κ3) is 4.96. The van der Waals surface area contributed by atoms with E-state index in [1.54, 1.807) is 0 Å². The van der Waals surface area contributed by atoms with Crippen LogP contribution in [0.4, 0.5) is 0 Å². The average Bonchev–Trinajstić information content (AvgIpc) is 2.47. The molecular weight excluding hydrogens is 283 g/mol. The molecule has 21 heavy (non-hydrogen) atoms. The van der Waals surface area contributed by atoms with Gasteiger partial charge in [-0.1, -0.05) is 68.7 Å². The van der Waals surface area contributed by atoms with E-state index in [0.717, 1.165) is 42.0 Å². The highest BCUT2D eigenvalue weighted by Gasteiger charge is 2.20. The van der Waals surface area contributed by atoms with E-state index in [4.69, 9.17) is 4.52 Å². The molecule has 0 spiro atoms. The molecule has 0 saturated carbocycles. The summed E-state index contributed by atoms with van der Waals surface area (Å²) in [6.45, 7) is 2.50. The molecule has 1 unspecified atom stereocenters. The van der Waals surface area contributed by atoms with Crippen molar-refractivity contribution in [3.63, 3.8) is 0 Å². The summed E-state index contributed by atoms with van der Waals surface area (Å²) in [4.78, 5) is 10.0. The first kappa shape index (κ1) is 16.2. The molecule has 1 atom stereocenters. The van der Waals surface area contributed by atoms with Gasteiger partial charge in [-0.05, 0) is 22.8 Å². The molecule has 0 aliphatic rings. The summed E-state index contributed by atoms with van der Waals surface area (Å²) in [5.74, 6) is 0. The van der Waals surface area contributed by atoms with Crippen LogP contribution in [0.25, 0.3) is 10.8 Å². The standard InChI is InChI=1S/C17H23O3P/c1-2-3-4-7-13-20-21(18,19)14-16-11-8-10-15-9-5-6-12-17(15)16/h5-6,8-12H,2-4,7,13-14H2,1H3,(H,18,19). The minimum atomic E-state index is -3.57. The zero-order chi connectivity index (χ0) is 15.1. The van der Waals surface area contributed by atoms with E-state index in [-0.39, 0.29) is 6.16 Å². The Bertz CT molecular complexity index is 619. The first-order chi connectivity index (χ1) is 10.1. The fourth-order valence-corrected chi connectivity index (χ4v) is 3.64. The Labute approximate surface area is 126 Å². The van der Waals surface area contributed by atoms with E-state index in [0.29, 0.717) is 6.61 Å². The van der Waals surface area contributed by atoms with Crippen LogP contribution in [0.3, 0.4) is 0 Å². The normalized spacial score (nSPS) is 14.2. The van der Waals surface area contributed by atoms with Crippen molar-refractivity contribution < 1.29 is 14.0 Å². The minimum absolute atomic E-state index is 0.0716. The van der Waals surface area contributed by atoms with Crippen LogP contribution in [-0.2, 0) is 15.3 Å². The maximum atomic E-state index is 12.2. The summed E-state index contributed by atoms with van der Waals surface area (Å²) in [5.41, 5.74) is 0.868. The molecule has 114 valence electrons. The highest BCUT2D eigenvalue weighted by molar-refractivity contribution is 7.52. The number of benzene rings is 2. The van der Waals surface area contributed by atoms with Gasteiger partial charge in [0.1, 0.15) is 0 Å². The fraction of sp³-hybridized carbons (Fsp3) is 0.412. The molecule has 0 heterocycles. The van der Waals surface area contributed by atoms with E-state index < -0.39 is 7.60 Å². The molecule has 2 aromatic carbocycles. The van der Waals surface area contributed by atoms with E-state index in [1.165, 1.54) is 0 Å². The highest BCUT2D eigenvalue weighted by atomic mass is 31.2. The van der Waals surface area contributed by atoms with Crippen LogP contribution in [0.15, 0.2) is 42.5 Å². The molecule has 4 heteroatoms. The molecule has 1 N–H and O–H groups in total. The summed E-state index contributed by atoms with van der Waals surface area (Å²) in [5, 5.41) is 2.10. The summed E-state index contributed by atoms with van der Waals surface area (Å²) >= 11 is 0. The zero-order valence-corrected chi connectivity index (χ0v) is 13.4. The third-order valence-corrected chi connectivity index (χ3v) is 4.87. The van der Waals surface area contributed by atoms with Crippen LogP contribution in [0.5, 0.6) is 0 Å². The molecule has 3 nitrogen and oxygen atoms in total. The Morgan fingerprint density at radius 1 is 1.05 bits per heavy atom. The molecule has 0 aromatic heterocycles. The third-order valence-electron chi connectivity index (χ3n) is 3.54. The SMILES string of the molecule is CCCCCCOP(=O)(O)Cc1cccc2ccccc12. The van der Waals surface area contributed by atoms with Gasteiger partial charge in [0.25, 0.3) is 0 Å². The van der Waals surface area contributed by atoms with Gasteiger partial charge in [-0.2, -0.15) is 0 Å². The minimum Gasteiger partial charge on any atom is -0.324 e. The van der Waals surface area contributed by atoms with Gasteiger partial charge in [0.15, 0.2) is 0 Å². The molecule has 0 aliphatic carbocycles. The maximum Gasteiger partial charge on any atom is 0.332 e. The lowest BCUT2D eigenvalue weighted by Gasteiger charge is -2.13.